The van der Waals surface area contributed by atoms with Gasteiger partial charge in [-0.25, -0.2) is 4.98 Å². The molecule has 2 amide bonds. The lowest BCUT2D eigenvalue weighted by Gasteiger charge is -2.13. The van der Waals surface area contributed by atoms with Crippen LogP contribution in [0.2, 0.25) is 0 Å². The van der Waals surface area contributed by atoms with Gasteiger partial charge >= 0.3 is 0 Å². The number of nitrogens with one attached hydrogen (secondary N) is 2. The second-order valence-electron chi connectivity index (χ2n) is 7.23. The van der Waals surface area contributed by atoms with Crippen molar-refractivity contribution in [2.45, 2.75) is 39.2 Å². The zero-order valence-electron chi connectivity index (χ0n) is 16.3. The maximum atomic E-state index is 12.7. The molecular formula is C20H26N4O3. The SMILES string of the molecule is Cc1oc([C@@H](C)NC(=O)CN(C)C)nc1C(=O)Nc1cccc2c1CCC2. The van der Waals surface area contributed by atoms with Gasteiger partial charge in [0, 0.05) is 5.69 Å². The molecule has 7 nitrogen and oxygen atoms in total. The molecule has 0 fully saturated rings. The number of aromatic nitrogens is 1. The van der Waals surface area contributed by atoms with Gasteiger partial charge in [0.05, 0.1) is 6.54 Å². The van der Waals surface area contributed by atoms with E-state index in [2.05, 4.69) is 21.7 Å². The van der Waals surface area contributed by atoms with Crippen LogP contribution in [0.1, 0.15) is 52.7 Å². The monoisotopic (exact) mass is 370 g/mol. The van der Waals surface area contributed by atoms with Gasteiger partial charge in [-0.2, -0.15) is 0 Å². The minimum absolute atomic E-state index is 0.130. The zero-order valence-corrected chi connectivity index (χ0v) is 16.3. The van der Waals surface area contributed by atoms with Crippen LogP contribution in [0, 0.1) is 6.92 Å². The van der Waals surface area contributed by atoms with Crippen LogP contribution in [-0.2, 0) is 17.6 Å². The summed E-state index contributed by atoms with van der Waals surface area (Å²) in [6.45, 7) is 3.76. The van der Waals surface area contributed by atoms with Crippen molar-refractivity contribution in [1.29, 1.82) is 0 Å². The molecule has 3 rings (SSSR count). The van der Waals surface area contributed by atoms with Crippen LogP contribution >= 0.6 is 0 Å². The van der Waals surface area contributed by atoms with Crippen LogP contribution in [0.3, 0.4) is 0 Å². The number of carbonyl (C=O) groups is 2. The van der Waals surface area contributed by atoms with E-state index in [-0.39, 0.29) is 24.1 Å². The van der Waals surface area contributed by atoms with Crippen molar-refractivity contribution in [1.82, 2.24) is 15.2 Å². The average molecular weight is 370 g/mol. The molecule has 2 N–H and O–H groups in total. The summed E-state index contributed by atoms with van der Waals surface area (Å²) < 4.78 is 5.63. The summed E-state index contributed by atoms with van der Waals surface area (Å²) in [5.74, 6) is 0.329. The van der Waals surface area contributed by atoms with Gasteiger partial charge in [0.1, 0.15) is 11.8 Å². The first-order valence-corrected chi connectivity index (χ1v) is 9.18. The number of oxazole rings is 1. The molecule has 0 radical (unpaired) electrons. The third-order valence-corrected chi connectivity index (χ3v) is 4.63. The van der Waals surface area contributed by atoms with E-state index in [1.807, 2.05) is 26.2 Å². The molecule has 7 heteroatoms. The number of anilines is 1. The fourth-order valence-corrected chi connectivity index (χ4v) is 3.37. The highest BCUT2D eigenvalue weighted by Crippen LogP contribution is 2.29. The molecule has 2 aromatic rings. The van der Waals surface area contributed by atoms with Gasteiger partial charge < -0.3 is 20.0 Å². The maximum absolute atomic E-state index is 12.7. The molecule has 1 atom stereocenters. The number of carbonyl (C=O) groups excluding carboxylic acids is 2. The van der Waals surface area contributed by atoms with Crippen LogP contribution in [-0.4, -0.2) is 42.3 Å². The van der Waals surface area contributed by atoms with Crippen LogP contribution in [0.5, 0.6) is 0 Å². The summed E-state index contributed by atoms with van der Waals surface area (Å²) in [6, 6.07) is 5.57. The first-order valence-electron chi connectivity index (χ1n) is 9.18. The molecule has 1 heterocycles. The number of rotatable bonds is 6. The molecule has 0 bridgehead atoms. The van der Waals surface area contributed by atoms with Gasteiger partial charge in [-0.1, -0.05) is 12.1 Å². The minimum atomic E-state index is -0.418. The molecule has 0 saturated carbocycles. The minimum Gasteiger partial charge on any atom is -0.443 e. The molecule has 0 aliphatic heterocycles. The molecule has 1 aliphatic carbocycles. The lowest BCUT2D eigenvalue weighted by atomic mass is 10.1. The summed E-state index contributed by atoms with van der Waals surface area (Å²) in [7, 11) is 3.64. The molecule has 144 valence electrons. The maximum Gasteiger partial charge on any atom is 0.277 e. The summed E-state index contributed by atoms with van der Waals surface area (Å²) in [5.41, 5.74) is 3.58. The normalized spacial score (nSPS) is 14.1. The molecule has 0 saturated heterocycles. The van der Waals surface area contributed by atoms with E-state index >= 15 is 0 Å². The Labute approximate surface area is 159 Å². The van der Waals surface area contributed by atoms with Gasteiger partial charge in [-0.15, -0.1) is 0 Å². The number of fused-ring (bicyclic) bond motifs is 1. The van der Waals surface area contributed by atoms with E-state index in [1.54, 1.807) is 18.7 Å². The van der Waals surface area contributed by atoms with Gasteiger partial charge in [0.15, 0.2) is 5.69 Å². The smallest absolute Gasteiger partial charge is 0.277 e. The van der Waals surface area contributed by atoms with Crippen LogP contribution in [0.15, 0.2) is 22.6 Å². The van der Waals surface area contributed by atoms with Crippen molar-refractivity contribution >= 4 is 17.5 Å². The van der Waals surface area contributed by atoms with E-state index in [0.29, 0.717) is 11.7 Å². The van der Waals surface area contributed by atoms with Crippen LogP contribution in [0.25, 0.3) is 0 Å². The number of benzene rings is 1. The Morgan fingerprint density at radius 3 is 2.81 bits per heavy atom. The van der Waals surface area contributed by atoms with E-state index in [1.165, 1.54) is 11.1 Å². The fourth-order valence-electron chi connectivity index (χ4n) is 3.37. The number of nitrogens with zero attached hydrogens (tertiary/aromatic N) is 2. The second kappa shape index (κ2) is 7.92. The summed E-state index contributed by atoms with van der Waals surface area (Å²) in [6.07, 6.45) is 3.14. The molecule has 1 aromatic heterocycles. The van der Waals surface area contributed by atoms with Crippen molar-refractivity contribution < 1.29 is 14.0 Å². The number of hydrogen-bond donors (Lipinski definition) is 2. The molecule has 0 spiro atoms. The fraction of sp³-hybridized carbons (Fsp3) is 0.450. The number of amides is 2. The Balaban J connectivity index is 1.71. The lowest BCUT2D eigenvalue weighted by Crippen LogP contribution is -2.35. The van der Waals surface area contributed by atoms with Gasteiger partial charge in [-0.05, 0) is 64.4 Å². The van der Waals surface area contributed by atoms with Crippen LogP contribution < -0.4 is 10.6 Å². The standard InChI is InChI=1S/C20H26N4O3/c1-12(21-17(25)11-24(3)4)20-23-18(13(2)27-20)19(26)22-16-10-6-8-14-7-5-9-15(14)16/h6,8,10,12H,5,7,9,11H2,1-4H3,(H,21,25)(H,22,26)/t12-/m1/s1. The Bertz CT molecular complexity index is 857. The van der Waals surface area contributed by atoms with Crippen molar-refractivity contribution in [2.75, 3.05) is 26.0 Å². The third kappa shape index (κ3) is 4.36. The van der Waals surface area contributed by atoms with E-state index < -0.39 is 6.04 Å². The predicted octanol–water partition coefficient (Wildman–Crippen LogP) is 2.46. The van der Waals surface area contributed by atoms with E-state index in [9.17, 15) is 9.59 Å². The number of likely N-dealkylation sites (N-methyl/N-ethyl adjacent to an activating group) is 1. The summed E-state index contributed by atoms with van der Waals surface area (Å²) in [4.78, 5) is 30.7. The van der Waals surface area contributed by atoms with E-state index in [0.717, 1.165) is 24.9 Å². The van der Waals surface area contributed by atoms with Crippen molar-refractivity contribution in [2.24, 2.45) is 0 Å². The predicted molar refractivity (Wildman–Crippen MR) is 103 cm³/mol. The molecule has 1 aliphatic rings. The topological polar surface area (TPSA) is 87.5 Å². The van der Waals surface area contributed by atoms with Gasteiger partial charge in [0.2, 0.25) is 11.8 Å². The Hall–Kier alpha value is -2.67. The van der Waals surface area contributed by atoms with Crippen molar-refractivity contribution in [3.05, 3.63) is 46.7 Å². The number of hydrogen-bond acceptors (Lipinski definition) is 5. The van der Waals surface area contributed by atoms with Crippen molar-refractivity contribution in [3.63, 3.8) is 0 Å². The van der Waals surface area contributed by atoms with Crippen LogP contribution in [0.4, 0.5) is 5.69 Å². The number of aryl methyl sites for hydroxylation is 2. The third-order valence-electron chi connectivity index (χ3n) is 4.63. The zero-order chi connectivity index (χ0) is 19.6. The Morgan fingerprint density at radius 1 is 1.30 bits per heavy atom. The largest absolute Gasteiger partial charge is 0.443 e. The van der Waals surface area contributed by atoms with Crippen molar-refractivity contribution in [3.8, 4) is 0 Å². The van der Waals surface area contributed by atoms with E-state index in [4.69, 9.17) is 4.42 Å². The molecular weight excluding hydrogens is 344 g/mol. The Kier molecular flexibility index (Phi) is 5.60. The highest BCUT2D eigenvalue weighted by Gasteiger charge is 2.23. The Morgan fingerprint density at radius 2 is 2.07 bits per heavy atom. The van der Waals surface area contributed by atoms with Gasteiger partial charge in [-0.3, -0.25) is 9.59 Å². The highest BCUT2D eigenvalue weighted by atomic mass is 16.4. The lowest BCUT2D eigenvalue weighted by molar-refractivity contribution is -0.122. The summed E-state index contributed by atoms with van der Waals surface area (Å²) in [5, 5.41) is 5.79. The highest BCUT2D eigenvalue weighted by molar-refractivity contribution is 6.04. The summed E-state index contributed by atoms with van der Waals surface area (Å²) >= 11 is 0. The first-order chi connectivity index (χ1) is 12.8. The quantitative estimate of drug-likeness (QED) is 0.816. The van der Waals surface area contributed by atoms with Gasteiger partial charge in [0.25, 0.3) is 5.91 Å². The average Bonchev–Trinajstić information content (AvgIpc) is 3.21. The second-order valence-corrected chi connectivity index (χ2v) is 7.23. The molecule has 0 unspecified atom stereocenters. The first kappa shape index (κ1) is 19.1. The molecule has 1 aromatic carbocycles. The molecule has 27 heavy (non-hydrogen) atoms.